The molecule has 0 aromatic carbocycles. The number of sulfonamides is 1. The quantitative estimate of drug-likeness (QED) is 0.433. The van der Waals surface area contributed by atoms with Gasteiger partial charge in [0, 0.05) is 12.5 Å². The number of rotatable bonds is 4. The molecule has 0 aromatic heterocycles. The fourth-order valence-electron chi connectivity index (χ4n) is 5.58. The van der Waals surface area contributed by atoms with E-state index in [4.69, 9.17) is 4.74 Å². The van der Waals surface area contributed by atoms with Crippen LogP contribution in [0.1, 0.15) is 97.8 Å². The number of nitrogens with one attached hydrogen (secondary N) is 3. The lowest BCUT2D eigenvalue weighted by molar-refractivity contribution is -0.141. The maximum Gasteiger partial charge on any atom is 0.408 e. The second-order valence-electron chi connectivity index (χ2n) is 12.6. The second kappa shape index (κ2) is 12.1. The molecule has 1 unspecified atom stereocenters. The van der Waals surface area contributed by atoms with E-state index in [0.29, 0.717) is 45.1 Å². The zero-order valence-electron chi connectivity index (χ0n) is 23.9. The Morgan fingerprint density at radius 3 is 2.42 bits per heavy atom. The van der Waals surface area contributed by atoms with Gasteiger partial charge in [-0.3, -0.25) is 19.1 Å². The zero-order valence-corrected chi connectivity index (χ0v) is 24.7. The van der Waals surface area contributed by atoms with Gasteiger partial charge in [0.05, 0.1) is 5.25 Å². The smallest absolute Gasteiger partial charge is 0.408 e. The van der Waals surface area contributed by atoms with Crippen molar-refractivity contribution in [3.63, 3.8) is 0 Å². The summed E-state index contributed by atoms with van der Waals surface area (Å²) in [6, 6.07) is -1.66. The molecule has 4 amide bonds. The Kier molecular flexibility index (Phi) is 9.16. The maximum atomic E-state index is 13.7. The van der Waals surface area contributed by atoms with Crippen molar-refractivity contribution in [1.82, 2.24) is 20.3 Å². The van der Waals surface area contributed by atoms with Crippen LogP contribution in [0, 0.1) is 5.92 Å². The molecule has 4 atom stereocenters. The molecule has 1 saturated heterocycles. The van der Waals surface area contributed by atoms with Crippen LogP contribution in [-0.2, 0) is 29.1 Å². The predicted molar refractivity (Wildman–Crippen MR) is 148 cm³/mol. The topological polar surface area (TPSA) is 151 Å². The third-order valence-electron chi connectivity index (χ3n) is 8.02. The van der Waals surface area contributed by atoms with Gasteiger partial charge in [-0.1, -0.05) is 37.8 Å². The minimum atomic E-state index is -3.79. The van der Waals surface area contributed by atoms with E-state index in [1.165, 1.54) is 4.90 Å². The Hall–Kier alpha value is -2.63. The molecule has 3 N–H and O–H groups in total. The number of nitrogens with zero attached hydrogens (tertiary/aromatic N) is 1. The minimum absolute atomic E-state index is 0.296. The molecular formula is C28H44N4O7S. The van der Waals surface area contributed by atoms with Gasteiger partial charge in [0.15, 0.2) is 0 Å². The summed E-state index contributed by atoms with van der Waals surface area (Å²) in [5.41, 5.74) is -2.09. The van der Waals surface area contributed by atoms with Gasteiger partial charge in [-0.05, 0) is 72.1 Å². The van der Waals surface area contributed by atoms with E-state index < -0.39 is 56.4 Å². The number of carbonyl (C=O) groups excluding carboxylic acids is 4. The monoisotopic (exact) mass is 580 g/mol. The summed E-state index contributed by atoms with van der Waals surface area (Å²) >= 11 is 0. The molecule has 0 aromatic rings. The number of ether oxygens (including phenoxy) is 1. The number of allylic oxidation sites excluding steroid dienone is 1. The lowest BCUT2D eigenvalue weighted by atomic mass is 10.0. The molecule has 0 bridgehead atoms. The number of hydrogen-bond acceptors (Lipinski definition) is 7. The first-order valence-corrected chi connectivity index (χ1v) is 16.2. The van der Waals surface area contributed by atoms with E-state index in [9.17, 15) is 27.6 Å². The molecule has 224 valence electrons. The molecule has 4 aliphatic rings. The molecule has 4 rings (SSSR count). The van der Waals surface area contributed by atoms with Crippen LogP contribution in [0.4, 0.5) is 4.79 Å². The average Bonchev–Trinajstić information content (AvgIpc) is 3.77. The SMILES string of the molecule is CC(C)(C)OC(=O)NC1CCCCCCC/C=C\[C@@H]2C[C@@]2(C(=O)NS(=O)(=O)C2CC2)NC(=O)[C@@H]2CCCN2C1=O. The maximum absolute atomic E-state index is 13.7. The molecule has 12 heteroatoms. The van der Waals surface area contributed by atoms with E-state index in [0.717, 1.165) is 38.5 Å². The van der Waals surface area contributed by atoms with Crippen LogP contribution < -0.4 is 15.4 Å². The first-order chi connectivity index (χ1) is 18.8. The molecule has 2 saturated carbocycles. The fraction of sp³-hybridized carbons (Fsp3) is 0.786. The Morgan fingerprint density at radius 1 is 1.02 bits per heavy atom. The molecule has 0 spiro atoms. The van der Waals surface area contributed by atoms with Crippen LogP contribution in [0.2, 0.25) is 0 Å². The van der Waals surface area contributed by atoms with Crippen molar-refractivity contribution in [2.24, 2.45) is 5.92 Å². The Balaban J connectivity index is 1.54. The second-order valence-corrected chi connectivity index (χ2v) is 14.6. The van der Waals surface area contributed by atoms with Crippen molar-refractivity contribution >= 4 is 33.8 Å². The van der Waals surface area contributed by atoms with Gasteiger partial charge in [-0.2, -0.15) is 0 Å². The zero-order chi connectivity index (χ0) is 29.1. The van der Waals surface area contributed by atoms with Crippen LogP contribution in [-0.4, -0.2) is 72.2 Å². The van der Waals surface area contributed by atoms with Gasteiger partial charge >= 0.3 is 6.09 Å². The van der Waals surface area contributed by atoms with E-state index in [1.54, 1.807) is 20.8 Å². The van der Waals surface area contributed by atoms with Crippen molar-refractivity contribution in [3.8, 4) is 0 Å². The highest BCUT2D eigenvalue weighted by molar-refractivity contribution is 7.91. The van der Waals surface area contributed by atoms with Crippen LogP contribution in [0.15, 0.2) is 12.2 Å². The highest BCUT2D eigenvalue weighted by atomic mass is 32.2. The number of amides is 4. The van der Waals surface area contributed by atoms with Crippen molar-refractivity contribution < 1.29 is 32.3 Å². The first-order valence-electron chi connectivity index (χ1n) is 14.7. The summed E-state index contributed by atoms with van der Waals surface area (Å²) in [5.74, 6) is -1.88. The third-order valence-corrected chi connectivity index (χ3v) is 9.84. The molecule has 2 aliphatic carbocycles. The summed E-state index contributed by atoms with van der Waals surface area (Å²) in [5, 5.41) is 5.01. The van der Waals surface area contributed by atoms with E-state index in [2.05, 4.69) is 15.4 Å². The average molecular weight is 581 g/mol. The van der Waals surface area contributed by atoms with Gasteiger partial charge < -0.3 is 20.3 Å². The number of fused-ring (bicyclic) bond motifs is 2. The van der Waals surface area contributed by atoms with Gasteiger partial charge in [0.25, 0.3) is 5.91 Å². The highest BCUT2D eigenvalue weighted by Gasteiger charge is 2.61. The van der Waals surface area contributed by atoms with Crippen LogP contribution in [0.25, 0.3) is 0 Å². The third kappa shape index (κ3) is 7.55. The first kappa shape index (κ1) is 30.3. The van der Waals surface area contributed by atoms with Crippen LogP contribution in [0.3, 0.4) is 0 Å². The lowest BCUT2D eigenvalue weighted by Crippen LogP contribution is -2.58. The lowest BCUT2D eigenvalue weighted by Gasteiger charge is -2.30. The molecule has 11 nitrogen and oxygen atoms in total. The largest absolute Gasteiger partial charge is 0.444 e. The van der Waals surface area contributed by atoms with Crippen molar-refractivity contribution in [2.45, 2.75) is 126 Å². The fourth-order valence-corrected chi connectivity index (χ4v) is 6.94. The molecule has 3 fully saturated rings. The number of hydrogen-bond donors (Lipinski definition) is 3. The van der Waals surface area contributed by atoms with Gasteiger partial charge in [-0.15, -0.1) is 0 Å². The van der Waals surface area contributed by atoms with E-state index >= 15 is 0 Å². The van der Waals surface area contributed by atoms with Gasteiger partial charge in [-0.25, -0.2) is 13.2 Å². The van der Waals surface area contributed by atoms with E-state index in [1.807, 2.05) is 12.2 Å². The standard InChI is InChI=1S/C28H44N4O7S/c1-27(2,3)39-26(36)29-21-13-10-8-6-4-5-7-9-12-19-18-28(19,25(35)31-40(37,38)20-15-16-20)30-23(33)22-14-11-17-32(22)24(21)34/h9,12,19-22H,4-8,10-11,13-18H2,1-3H3,(H,29,36)(H,30,33)(H,31,35)/b12-9-/t19-,21?,22+,28-/m1/s1. The number of carbonyl (C=O) groups is 4. The summed E-state index contributed by atoms with van der Waals surface area (Å²) in [6.45, 7) is 5.60. The summed E-state index contributed by atoms with van der Waals surface area (Å²) < 4.78 is 32.7. The molecule has 2 heterocycles. The molecule has 40 heavy (non-hydrogen) atoms. The van der Waals surface area contributed by atoms with Gasteiger partial charge in [0.2, 0.25) is 21.8 Å². The normalized spacial score (nSPS) is 31.2. The Morgan fingerprint density at radius 2 is 1.73 bits per heavy atom. The summed E-state index contributed by atoms with van der Waals surface area (Å²) in [4.78, 5) is 54.7. The minimum Gasteiger partial charge on any atom is -0.444 e. The molecule has 2 aliphatic heterocycles. The molecule has 0 radical (unpaired) electrons. The van der Waals surface area contributed by atoms with Crippen molar-refractivity contribution in [3.05, 3.63) is 12.2 Å². The Labute approximate surface area is 237 Å². The summed E-state index contributed by atoms with van der Waals surface area (Å²) in [6.07, 6.45) is 11.4. The highest BCUT2D eigenvalue weighted by Crippen LogP contribution is 2.46. The number of alkyl carbamates (subject to hydrolysis) is 1. The summed E-state index contributed by atoms with van der Waals surface area (Å²) in [7, 11) is -3.79. The van der Waals surface area contributed by atoms with E-state index in [-0.39, 0.29) is 11.8 Å². The van der Waals surface area contributed by atoms with Crippen LogP contribution >= 0.6 is 0 Å². The predicted octanol–water partition coefficient (Wildman–Crippen LogP) is 2.65. The molecular weight excluding hydrogens is 536 g/mol. The van der Waals surface area contributed by atoms with Crippen molar-refractivity contribution in [1.29, 1.82) is 0 Å². The van der Waals surface area contributed by atoms with Crippen LogP contribution in [0.5, 0.6) is 0 Å². The van der Waals surface area contributed by atoms with Gasteiger partial charge in [0.1, 0.15) is 23.2 Å². The van der Waals surface area contributed by atoms with Crippen molar-refractivity contribution in [2.75, 3.05) is 6.54 Å². The Bertz CT molecular complexity index is 1130.